The van der Waals surface area contributed by atoms with Crippen LogP contribution in [0.2, 0.25) is 0 Å². The maximum absolute atomic E-state index is 12.4. The van der Waals surface area contributed by atoms with Crippen LogP contribution >= 0.6 is 0 Å². The second-order valence-electron chi connectivity index (χ2n) is 4.97. The van der Waals surface area contributed by atoms with Gasteiger partial charge in [-0.05, 0) is 0 Å². The first-order chi connectivity index (χ1) is 11.0. The van der Waals surface area contributed by atoms with E-state index in [0.29, 0.717) is 15.9 Å². The van der Waals surface area contributed by atoms with E-state index in [2.05, 4.69) is 0 Å². The van der Waals surface area contributed by atoms with Crippen LogP contribution in [0.1, 0.15) is 15.7 Å². The number of Topliss-reactive ketones (excluding diaryl/α,β-unsaturated/α-hetero) is 1. The molecule has 1 unspecified atom stereocenters. The van der Waals surface area contributed by atoms with Crippen molar-refractivity contribution in [2.75, 3.05) is 27.9 Å². The van der Waals surface area contributed by atoms with Gasteiger partial charge in [0.2, 0.25) is 0 Å². The van der Waals surface area contributed by atoms with Crippen LogP contribution in [-0.2, 0) is 9.53 Å². The number of aliphatic carboxylic acids is 1. The summed E-state index contributed by atoms with van der Waals surface area (Å²) in [5, 5.41) is 10.0. The number of carboxylic acids is 1. The molecular weight excluding hydrogens is 367 g/mol. The van der Waals surface area contributed by atoms with Crippen LogP contribution in [-0.4, -0.2) is 59.3 Å². The van der Waals surface area contributed by atoms with Crippen molar-refractivity contribution >= 4 is 35.9 Å². The minimum atomic E-state index is -1.02. The Bertz CT molecular complexity index is 680. The van der Waals surface area contributed by atoms with Gasteiger partial charge in [-0.25, -0.2) is 0 Å². The maximum atomic E-state index is 12.4. The molecule has 6 nitrogen and oxygen atoms in total. The molecule has 0 spiro atoms. The summed E-state index contributed by atoms with van der Waals surface area (Å²) in [7, 11) is 4.55. The first-order valence-corrected chi connectivity index (χ1v) is 8.62. The fourth-order valence-electron chi connectivity index (χ4n) is 2.25. The number of rotatable bonds is 8. The molecule has 2 rings (SSSR count). The molecule has 23 heavy (non-hydrogen) atoms. The molecule has 0 fully saturated rings. The summed E-state index contributed by atoms with van der Waals surface area (Å²) in [5.74, 6) is -0.763. The van der Waals surface area contributed by atoms with Gasteiger partial charge in [0.15, 0.2) is 0 Å². The second-order valence-corrected chi connectivity index (χ2v) is 7.25. The van der Waals surface area contributed by atoms with E-state index in [-0.39, 0.29) is 33.3 Å². The molecule has 0 amide bonds. The quantitative estimate of drug-likeness (QED) is 0.552. The van der Waals surface area contributed by atoms with Gasteiger partial charge in [0.1, 0.15) is 0 Å². The summed E-state index contributed by atoms with van der Waals surface area (Å²) in [6.07, 6.45) is -0.0565. The Morgan fingerprint density at radius 1 is 1.13 bits per heavy atom. The monoisotopic (exact) mass is 386 g/mol. The van der Waals surface area contributed by atoms with Crippen LogP contribution in [0, 0.1) is 5.92 Å². The van der Waals surface area contributed by atoms with Crippen molar-refractivity contribution in [3.05, 3.63) is 22.6 Å². The third-order valence-corrected chi connectivity index (χ3v) is 5.84. The van der Waals surface area contributed by atoms with E-state index < -0.39 is 11.9 Å². The zero-order chi connectivity index (χ0) is 17.0. The van der Waals surface area contributed by atoms with Gasteiger partial charge >= 0.3 is 139 Å². The summed E-state index contributed by atoms with van der Waals surface area (Å²) in [5.41, 5.74) is 0. The van der Waals surface area contributed by atoms with Gasteiger partial charge in [-0.3, -0.25) is 0 Å². The summed E-state index contributed by atoms with van der Waals surface area (Å²) in [4.78, 5) is 23.5. The molecule has 7 heteroatoms. The predicted molar refractivity (Wildman–Crippen MR) is 85.9 cm³/mol. The van der Waals surface area contributed by atoms with Gasteiger partial charge in [0.05, 0.1) is 0 Å². The van der Waals surface area contributed by atoms with Crippen LogP contribution in [0.3, 0.4) is 0 Å². The number of carbonyl (C=O) groups excluding carboxylic acids is 1. The molecule has 0 saturated heterocycles. The van der Waals surface area contributed by atoms with Crippen molar-refractivity contribution in [3.63, 3.8) is 0 Å². The van der Waals surface area contributed by atoms with Gasteiger partial charge in [0, 0.05) is 0 Å². The Hall–Kier alpha value is -1.82. The zero-order valence-electron chi connectivity index (χ0n) is 13.1. The summed E-state index contributed by atoms with van der Waals surface area (Å²) >= 11 is -0.165. The van der Waals surface area contributed by atoms with Crippen LogP contribution in [0.15, 0.2) is 18.2 Å². The average molecular weight is 385 g/mol. The molecule has 0 bridgehead atoms. The molecule has 0 aliphatic carbocycles. The van der Waals surface area contributed by atoms with E-state index in [9.17, 15) is 9.59 Å². The van der Waals surface area contributed by atoms with E-state index in [1.54, 1.807) is 14.2 Å². The van der Waals surface area contributed by atoms with Crippen LogP contribution in [0.5, 0.6) is 11.5 Å². The van der Waals surface area contributed by atoms with Gasteiger partial charge in [-0.1, -0.05) is 0 Å². The Kier molecular flexibility index (Phi) is 5.82. The van der Waals surface area contributed by atoms with Crippen LogP contribution in [0.4, 0.5) is 0 Å². The number of hydrogen-bond acceptors (Lipinski definition) is 5. The number of benzene rings is 1. The molecule has 1 N–H and O–H groups in total. The van der Waals surface area contributed by atoms with Crippen molar-refractivity contribution in [3.8, 4) is 11.5 Å². The Morgan fingerprint density at radius 2 is 1.78 bits per heavy atom. The number of ketones is 1. The summed E-state index contributed by atoms with van der Waals surface area (Å²) in [6.45, 7) is 0.0238. The average Bonchev–Trinajstić information content (AvgIpc) is 2.95. The van der Waals surface area contributed by atoms with E-state index in [4.69, 9.17) is 19.3 Å². The van der Waals surface area contributed by atoms with Gasteiger partial charge < -0.3 is 0 Å². The Labute approximate surface area is 139 Å². The molecular formula is C16H18O6Se. The van der Waals surface area contributed by atoms with Crippen molar-refractivity contribution < 1.29 is 28.9 Å². The topological polar surface area (TPSA) is 82.1 Å². The van der Waals surface area contributed by atoms with E-state index in [1.807, 2.05) is 18.2 Å². The molecule has 1 heterocycles. The predicted octanol–water partition coefficient (Wildman–Crippen LogP) is 1.83. The molecule has 124 valence electrons. The van der Waals surface area contributed by atoms with Crippen molar-refractivity contribution in [2.24, 2.45) is 5.92 Å². The van der Waals surface area contributed by atoms with Gasteiger partial charge in [-0.15, -0.1) is 0 Å². The molecule has 0 aliphatic rings. The third kappa shape index (κ3) is 3.93. The van der Waals surface area contributed by atoms with E-state index in [1.165, 1.54) is 7.11 Å². The number of ether oxygens (including phenoxy) is 3. The fraction of sp³-hybridized carbons (Fsp3) is 0.375. The van der Waals surface area contributed by atoms with Crippen LogP contribution in [0.25, 0.3) is 9.65 Å². The van der Waals surface area contributed by atoms with E-state index in [0.717, 1.165) is 9.65 Å². The fourth-order valence-corrected chi connectivity index (χ4v) is 4.39. The standard InChI is InChI=1S/C16H18O6Se/c1-20-8-10(16(18)19)4-11(17)15-6-9-5-12(21-2)13(22-3)7-14(9)23-15/h5-7,10H,4,8H2,1-3H3,(H,18,19). The molecule has 0 saturated carbocycles. The molecule has 1 aromatic heterocycles. The first kappa shape index (κ1) is 17.5. The molecule has 1 aromatic carbocycles. The Balaban J connectivity index is 2.29. The van der Waals surface area contributed by atoms with Crippen molar-refractivity contribution in [1.82, 2.24) is 0 Å². The van der Waals surface area contributed by atoms with Crippen molar-refractivity contribution in [2.45, 2.75) is 6.42 Å². The number of hydrogen-bond donors (Lipinski definition) is 1. The third-order valence-electron chi connectivity index (χ3n) is 3.45. The molecule has 2 aromatic rings. The minimum absolute atomic E-state index is 0.0238. The summed E-state index contributed by atoms with van der Waals surface area (Å²) < 4.78 is 17.1. The second kappa shape index (κ2) is 7.64. The molecule has 0 radical (unpaired) electrons. The molecule has 1 atom stereocenters. The van der Waals surface area contributed by atoms with Crippen LogP contribution < -0.4 is 9.47 Å². The number of fused-ring (bicyclic) bond motifs is 1. The normalized spacial score (nSPS) is 12.1. The Morgan fingerprint density at radius 3 is 2.35 bits per heavy atom. The van der Waals surface area contributed by atoms with Crippen molar-refractivity contribution in [1.29, 1.82) is 0 Å². The first-order valence-electron chi connectivity index (χ1n) is 6.90. The zero-order valence-corrected chi connectivity index (χ0v) is 14.8. The number of methoxy groups -OCH3 is 3. The van der Waals surface area contributed by atoms with Gasteiger partial charge in [-0.2, -0.15) is 0 Å². The SMILES string of the molecule is COCC(CC(=O)c1cc2cc(OC)c(OC)cc2[se]1)C(=O)O. The summed E-state index contributed by atoms with van der Waals surface area (Å²) in [6, 6.07) is 5.51. The molecule has 0 aliphatic heterocycles. The number of carbonyl (C=O) groups is 2. The van der Waals surface area contributed by atoms with E-state index >= 15 is 0 Å². The number of carboxylic acid groups (broad SMARTS) is 1. The van der Waals surface area contributed by atoms with Gasteiger partial charge in [0.25, 0.3) is 0 Å².